The molecular weight excluding hydrogens is 626 g/mol. The molecule has 6 rings (SSSR count). The van der Waals surface area contributed by atoms with Crippen molar-refractivity contribution < 1.29 is 25.5 Å². The molecule has 262 valence electrons. The molecule has 0 bridgehead atoms. The highest BCUT2D eigenvalue weighted by Crippen LogP contribution is 2.45. The lowest BCUT2D eigenvalue weighted by Crippen LogP contribution is -2.42. The number of benzene rings is 4. The summed E-state index contributed by atoms with van der Waals surface area (Å²) >= 11 is 0. The Morgan fingerprint density at radius 2 is 1.62 bits per heavy atom. The van der Waals surface area contributed by atoms with E-state index >= 15 is 0 Å². The number of phenolic OH excluding ortho intramolecular Hbond substituents is 5. The van der Waals surface area contributed by atoms with Crippen molar-refractivity contribution >= 4 is 34.9 Å². The van der Waals surface area contributed by atoms with Crippen LogP contribution in [0.25, 0.3) is 22.9 Å². The summed E-state index contributed by atoms with van der Waals surface area (Å²) in [6.45, 7) is 4.46. The Bertz CT molecular complexity index is 1920. The number of phenols is 5. The first kappa shape index (κ1) is 35.0. The zero-order valence-electron chi connectivity index (χ0n) is 29.0. The number of nitrogens with one attached hydrogen (secondary N) is 1. The van der Waals surface area contributed by atoms with Crippen molar-refractivity contribution in [2.75, 3.05) is 13.2 Å². The predicted octanol–water partition coefficient (Wildman–Crippen LogP) is 8.58. The Hall–Kier alpha value is -4.82. The zero-order valence-corrected chi connectivity index (χ0v) is 29.0. The molecule has 0 atom stereocenters. The Labute approximate surface area is 294 Å². The predicted molar refractivity (Wildman–Crippen MR) is 203 cm³/mol. The maximum absolute atomic E-state index is 11.3. The van der Waals surface area contributed by atoms with Crippen LogP contribution >= 0.6 is 0 Å². The van der Waals surface area contributed by atoms with Crippen LogP contribution in [0.5, 0.6) is 28.7 Å². The average Bonchev–Trinajstić information content (AvgIpc) is 3.68. The van der Waals surface area contributed by atoms with Crippen LogP contribution in [0.15, 0.2) is 64.6 Å². The van der Waals surface area contributed by atoms with Gasteiger partial charge in [-0.25, -0.2) is 0 Å². The van der Waals surface area contributed by atoms with Gasteiger partial charge in [-0.3, -0.25) is 9.98 Å². The molecule has 1 heterocycles. The summed E-state index contributed by atoms with van der Waals surface area (Å²) in [5, 5.41) is 57.4. The summed E-state index contributed by atoms with van der Waals surface area (Å²) in [5.74, 6) is -1.18. The van der Waals surface area contributed by atoms with E-state index in [1.807, 2.05) is 18.4 Å². The summed E-state index contributed by atoms with van der Waals surface area (Å²) in [7, 11) is 0. The van der Waals surface area contributed by atoms with E-state index in [0.29, 0.717) is 41.6 Å². The van der Waals surface area contributed by atoms with Crippen LogP contribution < -0.4 is 5.32 Å². The van der Waals surface area contributed by atoms with E-state index in [2.05, 4.69) is 35.4 Å². The van der Waals surface area contributed by atoms with Crippen molar-refractivity contribution in [3.63, 3.8) is 0 Å². The molecule has 8 heteroatoms. The van der Waals surface area contributed by atoms with Gasteiger partial charge in [-0.2, -0.15) is 0 Å². The molecule has 4 aromatic carbocycles. The Balaban J connectivity index is 1.26. The van der Waals surface area contributed by atoms with Crippen LogP contribution in [-0.2, 0) is 25.8 Å². The normalized spacial score (nSPS) is 15.7. The molecule has 2 aliphatic rings. The molecule has 1 fully saturated rings. The van der Waals surface area contributed by atoms with E-state index in [9.17, 15) is 25.5 Å². The second-order valence-corrected chi connectivity index (χ2v) is 13.9. The zero-order chi connectivity index (χ0) is 35.1. The first-order valence-corrected chi connectivity index (χ1v) is 18.0. The molecular formula is C42H49N3O5. The highest BCUT2D eigenvalue weighted by Gasteiger charge is 2.37. The quantitative estimate of drug-likeness (QED) is 0.0450. The fourth-order valence-electron chi connectivity index (χ4n) is 7.68. The first-order valence-electron chi connectivity index (χ1n) is 18.0. The number of hydrogen-bond acceptors (Lipinski definition) is 8. The molecule has 0 amide bonds. The summed E-state index contributed by atoms with van der Waals surface area (Å²) in [6, 6.07) is 16.2. The van der Waals surface area contributed by atoms with E-state index in [-0.39, 0.29) is 39.5 Å². The molecule has 0 aromatic heterocycles. The maximum Gasteiger partial charge on any atom is 0.169 e. The van der Waals surface area contributed by atoms with E-state index in [1.54, 1.807) is 18.2 Å². The molecule has 50 heavy (non-hydrogen) atoms. The standard InChI is InChI=1S/C42H49N3O5/c1-2-3-5-9-30-22-28(12-16-31(30)24-43-26-42(20-6-4-7-21-42)38-25-44-27-45-38)14-18-34-32(17-13-29-15-19-35(46)37(48)23-29)33-10-8-11-36(47)39(33)41(50)40(34)49/h8,10-13,15-17,19,22-23,25,43,46-50H,2-7,9,14,18,20-21,24,26-27H2,1H3. The molecule has 0 radical (unpaired) electrons. The fourth-order valence-corrected chi connectivity index (χ4v) is 7.68. The van der Waals surface area contributed by atoms with Crippen LogP contribution in [0.3, 0.4) is 0 Å². The highest BCUT2D eigenvalue weighted by atomic mass is 16.3. The summed E-state index contributed by atoms with van der Waals surface area (Å²) < 4.78 is 0. The minimum atomic E-state index is -0.347. The fraction of sp³-hybridized carbons (Fsp3) is 0.381. The summed E-state index contributed by atoms with van der Waals surface area (Å²) in [5.41, 5.74) is 6.89. The number of hydrogen-bond donors (Lipinski definition) is 6. The van der Waals surface area contributed by atoms with Gasteiger partial charge in [-0.05, 0) is 89.9 Å². The number of nitrogens with zero attached hydrogens (tertiary/aromatic N) is 2. The van der Waals surface area contributed by atoms with Crippen molar-refractivity contribution in [2.45, 2.75) is 84.1 Å². The first-order chi connectivity index (χ1) is 24.3. The number of rotatable bonds is 14. The van der Waals surface area contributed by atoms with Gasteiger partial charge in [0.25, 0.3) is 0 Å². The molecule has 8 nitrogen and oxygen atoms in total. The van der Waals surface area contributed by atoms with Crippen LogP contribution in [-0.4, -0.2) is 50.7 Å². The Kier molecular flexibility index (Phi) is 11.1. The number of fused-ring (bicyclic) bond motifs is 1. The van der Waals surface area contributed by atoms with E-state index in [0.717, 1.165) is 56.5 Å². The minimum Gasteiger partial charge on any atom is -0.507 e. The monoisotopic (exact) mass is 675 g/mol. The summed E-state index contributed by atoms with van der Waals surface area (Å²) in [6.07, 6.45) is 17.2. The minimum absolute atomic E-state index is 0.0690. The van der Waals surface area contributed by atoms with Gasteiger partial charge in [0, 0.05) is 30.3 Å². The second-order valence-electron chi connectivity index (χ2n) is 13.9. The Morgan fingerprint density at radius 3 is 2.38 bits per heavy atom. The number of unbranched alkanes of at least 4 members (excludes halogenated alkanes) is 2. The smallest absolute Gasteiger partial charge is 0.169 e. The summed E-state index contributed by atoms with van der Waals surface area (Å²) in [4.78, 5) is 9.14. The van der Waals surface area contributed by atoms with Gasteiger partial charge in [0.1, 0.15) is 12.4 Å². The lowest BCUT2D eigenvalue weighted by Gasteiger charge is -2.37. The topological polar surface area (TPSA) is 138 Å². The van der Waals surface area contributed by atoms with Gasteiger partial charge in [0.05, 0.1) is 11.1 Å². The number of aliphatic imine (C=N–C) groups is 2. The van der Waals surface area contributed by atoms with Gasteiger partial charge in [-0.15, -0.1) is 0 Å². The largest absolute Gasteiger partial charge is 0.507 e. The van der Waals surface area contributed by atoms with Crippen molar-refractivity contribution in [3.8, 4) is 28.7 Å². The third-order valence-corrected chi connectivity index (χ3v) is 10.5. The van der Waals surface area contributed by atoms with Gasteiger partial charge in [-0.1, -0.05) is 87.6 Å². The van der Waals surface area contributed by atoms with Crippen molar-refractivity contribution in [3.05, 3.63) is 88.0 Å². The number of aromatic hydroxyl groups is 5. The van der Waals surface area contributed by atoms with Crippen LogP contribution in [0.2, 0.25) is 0 Å². The van der Waals surface area contributed by atoms with Gasteiger partial charge < -0.3 is 30.8 Å². The molecule has 1 aliphatic heterocycles. The third kappa shape index (κ3) is 7.65. The van der Waals surface area contributed by atoms with Crippen LogP contribution in [0.1, 0.15) is 91.7 Å². The van der Waals surface area contributed by atoms with Gasteiger partial charge in [0.2, 0.25) is 0 Å². The maximum atomic E-state index is 11.3. The van der Waals surface area contributed by atoms with E-state index in [4.69, 9.17) is 4.99 Å². The Morgan fingerprint density at radius 1 is 0.780 bits per heavy atom. The molecule has 0 spiro atoms. The lowest BCUT2D eigenvalue weighted by atomic mass is 9.70. The molecule has 0 saturated heterocycles. The van der Waals surface area contributed by atoms with Crippen LogP contribution in [0.4, 0.5) is 0 Å². The molecule has 4 aromatic rings. The van der Waals surface area contributed by atoms with Gasteiger partial charge in [0.15, 0.2) is 23.0 Å². The second kappa shape index (κ2) is 15.8. The lowest BCUT2D eigenvalue weighted by molar-refractivity contribution is 0.274. The van der Waals surface area contributed by atoms with Gasteiger partial charge >= 0.3 is 0 Å². The van der Waals surface area contributed by atoms with E-state index in [1.165, 1.54) is 55.0 Å². The van der Waals surface area contributed by atoms with Crippen molar-refractivity contribution in [1.82, 2.24) is 5.32 Å². The van der Waals surface area contributed by atoms with Crippen molar-refractivity contribution in [2.24, 2.45) is 15.4 Å². The molecule has 0 unspecified atom stereocenters. The molecule has 6 N–H and O–H groups in total. The SMILES string of the molecule is CCCCCc1cc(CCc2c(O)c(O)c3c(O)cccc3c2C=Cc2ccc(O)c(O)c2)ccc1CNCC1(C2=NCN=C2)CCCCC1. The molecule has 1 saturated carbocycles. The van der Waals surface area contributed by atoms with Crippen molar-refractivity contribution in [1.29, 1.82) is 0 Å². The highest BCUT2D eigenvalue weighted by molar-refractivity contribution is 6.34. The van der Waals surface area contributed by atoms with Crippen LogP contribution in [0, 0.1) is 5.41 Å². The molecule has 1 aliphatic carbocycles. The third-order valence-electron chi connectivity index (χ3n) is 10.5. The average molecular weight is 676 g/mol. The van der Waals surface area contributed by atoms with E-state index < -0.39 is 0 Å². The number of aryl methyl sites for hydroxylation is 2.